The first-order chi connectivity index (χ1) is 14.2. The zero-order valence-corrected chi connectivity index (χ0v) is 17.3. The standard InChI is InChI=1S/C25H31NO3/c1-28-23-13-11-21(12-14-23)18-26-22(17-20-9-5-4-6-10-20)19-29-25(24(26)27)15-7-2-3-8-16-25/h4-6,9-14,22H,2-3,7-8,15-19H2,1H3/t22-/m0/s1. The van der Waals surface area contributed by atoms with Crippen molar-refractivity contribution in [3.8, 4) is 5.75 Å². The van der Waals surface area contributed by atoms with Crippen LogP contribution in [-0.2, 0) is 22.5 Å². The van der Waals surface area contributed by atoms with E-state index in [9.17, 15) is 4.79 Å². The van der Waals surface area contributed by atoms with Crippen molar-refractivity contribution in [1.29, 1.82) is 0 Å². The van der Waals surface area contributed by atoms with Gasteiger partial charge in [0.2, 0.25) is 0 Å². The number of ether oxygens (including phenoxy) is 2. The summed E-state index contributed by atoms with van der Waals surface area (Å²) in [6.07, 6.45) is 7.07. The molecule has 154 valence electrons. The maximum atomic E-state index is 13.8. The molecule has 2 fully saturated rings. The maximum absolute atomic E-state index is 13.8. The summed E-state index contributed by atoms with van der Waals surface area (Å²) in [4.78, 5) is 15.8. The molecule has 2 aliphatic rings. The van der Waals surface area contributed by atoms with Gasteiger partial charge >= 0.3 is 0 Å². The van der Waals surface area contributed by atoms with Crippen molar-refractivity contribution in [3.05, 3.63) is 65.7 Å². The Kier molecular flexibility index (Phi) is 6.19. The minimum atomic E-state index is -0.615. The molecule has 29 heavy (non-hydrogen) atoms. The number of hydrogen-bond acceptors (Lipinski definition) is 3. The van der Waals surface area contributed by atoms with Crippen LogP contribution in [0.4, 0.5) is 0 Å². The fourth-order valence-electron chi connectivity index (χ4n) is 4.68. The number of hydrogen-bond donors (Lipinski definition) is 0. The quantitative estimate of drug-likeness (QED) is 0.735. The monoisotopic (exact) mass is 393 g/mol. The molecule has 1 amide bonds. The van der Waals surface area contributed by atoms with Crippen molar-refractivity contribution in [3.63, 3.8) is 0 Å². The predicted octanol–water partition coefficient (Wildman–Crippen LogP) is 4.76. The highest BCUT2D eigenvalue weighted by molar-refractivity contribution is 5.86. The van der Waals surface area contributed by atoms with Crippen molar-refractivity contribution in [2.24, 2.45) is 0 Å². The van der Waals surface area contributed by atoms with Gasteiger partial charge in [0.25, 0.3) is 5.91 Å². The van der Waals surface area contributed by atoms with Crippen LogP contribution in [0.25, 0.3) is 0 Å². The Bertz CT molecular complexity index is 795. The summed E-state index contributed by atoms with van der Waals surface area (Å²) in [5.41, 5.74) is 1.75. The number of carbonyl (C=O) groups excluding carboxylic acids is 1. The van der Waals surface area contributed by atoms with Crippen LogP contribution in [0.5, 0.6) is 5.75 Å². The van der Waals surface area contributed by atoms with E-state index in [0.29, 0.717) is 13.2 Å². The number of rotatable bonds is 5. The average molecular weight is 394 g/mol. The summed E-state index contributed by atoms with van der Waals surface area (Å²) >= 11 is 0. The molecule has 1 aliphatic heterocycles. The Morgan fingerprint density at radius 2 is 1.66 bits per heavy atom. The van der Waals surface area contributed by atoms with Gasteiger partial charge in [0, 0.05) is 6.54 Å². The first kappa shape index (κ1) is 20.0. The Morgan fingerprint density at radius 3 is 2.31 bits per heavy atom. The van der Waals surface area contributed by atoms with Gasteiger partial charge in [-0.3, -0.25) is 4.79 Å². The molecule has 4 rings (SSSR count). The van der Waals surface area contributed by atoms with Crippen molar-refractivity contribution in [2.75, 3.05) is 13.7 Å². The van der Waals surface area contributed by atoms with Crippen LogP contribution in [0.3, 0.4) is 0 Å². The average Bonchev–Trinajstić information content (AvgIpc) is 3.01. The topological polar surface area (TPSA) is 38.8 Å². The van der Waals surface area contributed by atoms with Gasteiger partial charge in [-0.25, -0.2) is 0 Å². The van der Waals surface area contributed by atoms with Gasteiger partial charge in [0.1, 0.15) is 11.4 Å². The summed E-state index contributed by atoms with van der Waals surface area (Å²) in [6.45, 7) is 1.22. The van der Waals surface area contributed by atoms with Crippen LogP contribution in [0.15, 0.2) is 54.6 Å². The molecule has 2 aromatic carbocycles. The minimum absolute atomic E-state index is 0.0564. The Morgan fingerprint density at radius 1 is 0.966 bits per heavy atom. The van der Waals surface area contributed by atoms with Crippen molar-refractivity contribution in [1.82, 2.24) is 4.90 Å². The van der Waals surface area contributed by atoms with Crippen LogP contribution in [0.1, 0.15) is 49.7 Å². The van der Waals surface area contributed by atoms with Gasteiger partial charge in [0.15, 0.2) is 0 Å². The molecule has 4 nitrogen and oxygen atoms in total. The van der Waals surface area contributed by atoms with Crippen LogP contribution in [0.2, 0.25) is 0 Å². The van der Waals surface area contributed by atoms with E-state index < -0.39 is 5.60 Å². The lowest BCUT2D eigenvalue weighted by Crippen LogP contribution is -2.60. The van der Waals surface area contributed by atoms with Gasteiger partial charge in [-0.2, -0.15) is 0 Å². The number of methoxy groups -OCH3 is 1. The highest BCUT2D eigenvalue weighted by Crippen LogP contribution is 2.37. The highest BCUT2D eigenvalue weighted by Gasteiger charge is 2.48. The van der Waals surface area contributed by atoms with Gasteiger partial charge in [-0.1, -0.05) is 68.1 Å². The number of amides is 1. The van der Waals surface area contributed by atoms with E-state index in [1.807, 2.05) is 18.2 Å². The third kappa shape index (κ3) is 4.48. The van der Waals surface area contributed by atoms with Crippen molar-refractivity contribution >= 4 is 5.91 Å². The van der Waals surface area contributed by atoms with Crippen molar-refractivity contribution < 1.29 is 14.3 Å². The van der Waals surface area contributed by atoms with E-state index in [2.05, 4.69) is 41.3 Å². The summed E-state index contributed by atoms with van der Waals surface area (Å²) in [6, 6.07) is 18.5. The smallest absolute Gasteiger partial charge is 0.255 e. The van der Waals surface area contributed by atoms with Crippen LogP contribution >= 0.6 is 0 Å². The molecule has 0 unspecified atom stereocenters. The molecule has 4 heteroatoms. The van der Waals surface area contributed by atoms with Crippen LogP contribution in [-0.4, -0.2) is 36.2 Å². The number of morpholine rings is 1. The molecule has 1 heterocycles. The summed E-state index contributed by atoms with van der Waals surface area (Å²) in [5, 5.41) is 0. The maximum Gasteiger partial charge on any atom is 0.255 e. The molecular formula is C25H31NO3. The van der Waals surface area contributed by atoms with E-state index in [1.165, 1.54) is 18.4 Å². The van der Waals surface area contributed by atoms with Gasteiger partial charge in [-0.15, -0.1) is 0 Å². The van der Waals surface area contributed by atoms with Crippen LogP contribution in [0, 0.1) is 0 Å². The molecule has 1 aliphatic carbocycles. The van der Waals surface area contributed by atoms with Gasteiger partial charge < -0.3 is 14.4 Å². The first-order valence-electron chi connectivity index (χ1n) is 10.8. The SMILES string of the molecule is COc1ccc(CN2C(=O)C3(CCCCCC3)OC[C@@H]2Cc2ccccc2)cc1. The summed E-state index contributed by atoms with van der Waals surface area (Å²) in [5.74, 6) is 1.02. The van der Waals surface area contributed by atoms with E-state index >= 15 is 0 Å². The molecular weight excluding hydrogens is 362 g/mol. The molecule has 2 aromatic rings. The largest absolute Gasteiger partial charge is 0.497 e. The van der Waals surface area contributed by atoms with Gasteiger partial charge in [0.05, 0.1) is 19.8 Å². The molecule has 1 atom stereocenters. The summed E-state index contributed by atoms with van der Waals surface area (Å²) in [7, 11) is 1.67. The molecule has 1 saturated heterocycles. The van der Waals surface area contributed by atoms with E-state index in [1.54, 1.807) is 7.11 Å². The second-order valence-corrected chi connectivity index (χ2v) is 8.34. The lowest BCUT2D eigenvalue weighted by Gasteiger charge is -2.46. The second kappa shape index (κ2) is 9.00. The molecule has 0 bridgehead atoms. The van der Waals surface area contributed by atoms with E-state index in [4.69, 9.17) is 9.47 Å². The number of benzene rings is 2. The van der Waals surface area contributed by atoms with Gasteiger partial charge in [-0.05, 0) is 42.5 Å². The third-order valence-corrected chi connectivity index (χ3v) is 6.38. The van der Waals surface area contributed by atoms with Crippen molar-refractivity contribution in [2.45, 2.75) is 63.1 Å². The zero-order valence-electron chi connectivity index (χ0n) is 17.3. The Balaban J connectivity index is 1.59. The van der Waals surface area contributed by atoms with E-state index in [-0.39, 0.29) is 11.9 Å². The highest BCUT2D eigenvalue weighted by atomic mass is 16.5. The van der Waals surface area contributed by atoms with Crippen LogP contribution < -0.4 is 4.74 Å². The molecule has 0 N–H and O–H groups in total. The lowest BCUT2D eigenvalue weighted by molar-refractivity contribution is -0.183. The third-order valence-electron chi connectivity index (χ3n) is 6.38. The minimum Gasteiger partial charge on any atom is -0.497 e. The Hall–Kier alpha value is -2.33. The molecule has 0 aromatic heterocycles. The first-order valence-corrected chi connectivity index (χ1v) is 10.8. The molecule has 1 saturated carbocycles. The number of nitrogens with zero attached hydrogens (tertiary/aromatic N) is 1. The summed E-state index contributed by atoms with van der Waals surface area (Å²) < 4.78 is 11.7. The second-order valence-electron chi connectivity index (χ2n) is 8.34. The molecule has 0 radical (unpaired) electrons. The normalized spacial score (nSPS) is 21.8. The fraction of sp³-hybridized carbons (Fsp3) is 0.480. The molecule has 1 spiro atoms. The van der Waals surface area contributed by atoms with E-state index in [0.717, 1.165) is 43.4 Å². The predicted molar refractivity (Wildman–Crippen MR) is 114 cm³/mol. The zero-order chi connectivity index (χ0) is 20.1. The Labute approximate surface area is 173 Å². The lowest BCUT2D eigenvalue weighted by atomic mass is 9.88. The number of carbonyl (C=O) groups is 1. The fourth-order valence-corrected chi connectivity index (χ4v) is 4.68.